The highest BCUT2D eigenvalue weighted by atomic mass is 14.8. The van der Waals surface area contributed by atoms with Gasteiger partial charge in [-0.1, -0.05) is 71.8 Å². The van der Waals surface area contributed by atoms with Crippen LogP contribution >= 0.6 is 0 Å². The third-order valence-corrected chi connectivity index (χ3v) is 4.49. The first-order chi connectivity index (χ1) is 13.5. The monoisotopic (exact) mass is 366 g/mol. The van der Waals surface area contributed by atoms with Gasteiger partial charge in [-0.2, -0.15) is 0 Å². The average Bonchev–Trinajstić information content (AvgIpc) is 2.70. The highest BCUT2D eigenvalue weighted by Gasteiger charge is 1.99. The molecule has 2 aromatic carbocycles. The van der Waals surface area contributed by atoms with E-state index in [-0.39, 0.29) is 0 Å². The molecule has 4 rings (SSSR count). The lowest BCUT2D eigenvalue weighted by Gasteiger charge is -2.02. The maximum atomic E-state index is 4.32. The Morgan fingerprint density at radius 1 is 0.464 bits per heavy atom. The van der Waals surface area contributed by atoms with Gasteiger partial charge in [0.15, 0.2) is 0 Å². The van der Waals surface area contributed by atoms with Crippen LogP contribution in [0.3, 0.4) is 0 Å². The van der Waals surface area contributed by atoms with Crippen molar-refractivity contribution < 1.29 is 0 Å². The molecule has 0 spiro atoms. The summed E-state index contributed by atoms with van der Waals surface area (Å²) in [6, 6.07) is 25.3. The zero-order chi connectivity index (χ0) is 19.9. The van der Waals surface area contributed by atoms with E-state index in [0.717, 1.165) is 11.4 Å². The van der Waals surface area contributed by atoms with Crippen LogP contribution < -0.4 is 0 Å². The van der Waals surface area contributed by atoms with E-state index in [0.29, 0.717) is 0 Å². The third-order valence-electron chi connectivity index (χ3n) is 4.49. The summed E-state index contributed by atoms with van der Waals surface area (Å²) >= 11 is 0. The van der Waals surface area contributed by atoms with Crippen LogP contribution in [0.15, 0.2) is 85.2 Å². The van der Waals surface area contributed by atoms with E-state index in [1.807, 2.05) is 50.5 Å². The fraction of sp³-hybridized carbons (Fsp3) is 0.154. The van der Waals surface area contributed by atoms with Gasteiger partial charge in [0.2, 0.25) is 0 Å². The molecule has 0 amide bonds. The highest BCUT2D eigenvalue weighted by Crippen LogP contribution is 2.20. The van der Waals surface area contributed by atoms with Crippen LogP contribution in [0, 0.1) is 27.7 Å². The zero-order valence-electron chi connectivity index (χ0n) is 17.0. The van der Waals surface area contributed by atoms with E-state index < -0.39 is 0 Å². The highest BCUT2D eigenvalue weighted by molar-refractivity contribution is 5.64. The number of rotatable bonds is 2. The van der Waals surface area contributed by atoms with Crippen LogP contribution in [0.2, 0.25) is 0 Å². The molecule has 2 heteroatoms. The van der Waals surface area contributed by atoms with Crippen molar-refractivity contribution in [3.8, 4) is 22.5 Å². The lowest BCUT2D eigenvalue weighted by molar-refractivity contribution is 1.20. The molecule has 28 heavy (non-hydrogen) atoms. The van der Waals surface area contributed by atoms with Crippen molar-refractivity contribution in [3.05, 3.63) is 107 Å². The minimum Gasteiger partial charge on any atom is -0.254 e. The summed E-state index contributed by atoms with van der Waals surface area (Å²) in [5.74, 6) is 0. The number of nitrogens with zero attached hydrogens (tertiary/aromatic N) is 2. The van der Waals surface area contributed by atoms with Crippen LogP contribution in [0.25, 0.3) is 22.5 Å². The number of hydrogen-bond acceptors (Lipinski definition) is 2. The SMILES string of the molecule is Cc1ccc(-c2ccc(C)cn2)nc1.Cc1ccc(-c2cccc(C)c2)cc1. The van der Waals surface area contributed by atoms with Crippen LogP contribution in [0.4, 0.5) is 0 Å². The fourth-order valence-electron chi connectivity index (χ4n) is 2.81. The van der Waals surface area contributed by atoms with Crippen LogP contribution in [-0.4, -0.2) is 9.97 Å². The molecule has 0 atom stereocenters. The minimum absolute atomic E-state index is 0.926. The Morgan fingerprint density at radius 2 is 1.00 bits per heavy atom. The van der Waals surface area contributed by atoms with Crippen molar-refractivity contribution >= 4 is 0 Å². The number of benzene rings is 2. The standard InChI is InChI=1S/C14H14.C12H12N2/c1-11-6-8-13(9-7-11)14-5-3-4-12(2)10-14;1-9-3-5-11(13-7-9)12-6-4-10(2)8-14-12/h3-10H,1-2H3;3-8H,1-2H3. The molecule has 2 heterocycles. The second-order valence-corrected chi connectivity index (χ2v) is 7.18. The Bertz CT molecular complexity index is 972. The molecule has 0 N–H and O–H groups in total. The van der Waals surface area contributed by atoms with Gasteiger partial charge in [0.1, 0.15) is 0 Å². The van der Waals surface area contributed by atoms with E-state index in [2.05, 4.69) is 72.3 Å². The fourth-order valence-corrected chi connectivity index (χ4v) is 2.81. The number of pyridine rings is 2. The molecule has 0 aliphatic heterocycles. The predicted octanol–water partition coefficient (Wildman–Crippen LogP) is 6.73. The van der Waals surface area contributed by atoms with Gasteiger partial charge < -0.3 is 0 Å². The Kier molecular flexibility index (Phi) is 6.33. The van der Waals surface area contributed by atoms with Gasteiger partial charge in [0, 0.05) is 12.4 Å². The van der Waals surface area contributed by atoms with Crippen molar-refractivity contribution in [2.45, 2.75) is 27.7 Å². The summed E-state index contributed by atoms with van der Waals surface area (Å²) in [7, 11) is 0. The van der Waals surface area contributed by atoms with Gasteiger partial charge in [0.05, 0.1) is 11.4 Å². The third kappa shape index (κ3) is 5.37. The summed E-state index contributed by atoms with van der Waals surface area (Å²) in [5.41, 5.74) is 9.39. The van der Waals surface area contributed by atoms with E-state index in [4.69, 9.17) is 0 Å². The van der Waals surface area contributed by atoms with Crippen molar-refractivity contribution in [2.24, 2.45) is 0 Å². The lowest BCUT2D eigenvalue weighted by atomic mass is 10.0. The average molecular weight is 367 g/mol. The Morgan fingerprint density at radius 3 is 1.46 bits per heavy atom. The van der Waals surface area contributed by atoms with Crippen LogP contribution in [0.5, 0.6) is 0 Å². The Labute approximate surface area is 168 Å². The van der Waals surface area contributed by atoms with Crippen molar-refractivity contribution in [3.63, 3.8) is 0 Å². The number of aromatic nitrogens is 2. The molecule has 2 aromatic heterocycles. The van der Waals surface area contributed by atoms with Crippen molar-refractivity contribution in [1.29, 1.82) is 0 Å². The smallest absolute Gasteiger partial charge is 0.0886 e. The van der Waals surface area contributed by atoms with Gasteiger partial charge in [-0.05, 0) is 62.1 Å². The molecule has 0 saturated carbocycles. The van der Waals surface area contributed by atoms with Crippen molar-refractivity contribution in [2.75, 3.05) is 0 Å². The summed E-state index contributed by atoms with van der Waals surface area (Å²) < 4.78 is 0. The van der Waals surface area contributed by atoms with Gasteiger partial charge >= 0.3 is 0 Å². The van der Waals surface area contributed by atoms with E-state index in [1.165, 1.54) is 33.4 Å². The number of hydrogen-bond donors (Lipinski definition) is 0. The lowest BCUT2D eigenvalue weighted by Crippen LogP contribution is -1.87. The maximum absolute atomic E-state index is 4.32. The quantitative estimate of drug-likeness (QED) is 0.393. The first kappa shape index (κ1) is 19.5. The molecule has 2 nitrogen and oxygen atoms in total. The Balaban J connectivity index is 0.000000161. The second-order valence-electron chi connectivity index (χ2n) is 7.18. The van der Waals surface area contributed by atoms with Gasteiger partial charge in [-0.25, -0.2) is 0 Å². The largest absolute Gasteiger partial charge is 0.254 e. The molecule has 4 aromatic rings. The Hall–Kier alpha value is -3.26. The summed E-state index contributed by atoms with van der Waals surface area (Å²) in [6.45, 7) is 8.29. The first-order valence-electron chi connectivity index (χ1n) is 9.51. The van der Waals surface area contributed by atoms with E-state index in [9.17, 15) is 0 Å². The normalized spacial score (nSPS) is 10.1. The summed E-state index contributed by atoms with van der Waals surface area (Å²) in [4.78, 5) is 8.63. The topological polar surface area (TPSA) is 25.8 Å². The van der Waals surface area contributed by atoms with Crippen LogP contribution in [-0.2, 0) is 0 Å². The summed E-state index contributed by atoms with van der Waals surface area (Å²) in [6.07, 6.45) is 3.72. The maximum Gasteiger partial charge on any atom is 0.0886 e. The predicted molar refractivity (Wildman–Crippen MR) is 118 cm³/mol. The molecule has 0 aliphatic carbocycles. The molecular formula is C26H26N2. The second kappa shape index (κ2) is 9.09. The molecule has 0 aliphatic rings. The van der Waals surface area contributed by atoms with E-state index >= 15 is 0 Å². The first-order valence-corrected chi connectivity index (χ1v) is 9.51. The van der Waals surface area contributed by atoms with Gasteiger partial charge in [0.25, 0.3) is 0 Å². The van der Waals surface area contributed by atoms with E-state index in [1.54, 1.807) is 0 Å². The molecular weight excluding hydrogens is 340 g/mol. The van der Waals surface area contributed by atoms with Gasteiger partial charge in [-0.3, -0.25) is 9.97 Å². The van der Waals surface area contributed by atoms with Gasteiger partial charge in [-0.15, -0.1) is 0 Å². The van der Waals surface area contributed by atoms with Crippen LogP contribution in [0.1, 0.15) is 22.3 Å². The molecule has 0 radical (unpaired) electrons. The summed E-state index contributed by atoms with van der Waals surface area (Å²) in [5, 5.41) is 0. The number of aryl methyl sites for hydroxylation is 4. The molecule has 0 saturated heterocycles. The van der Waals surface area contributed by atoms with Crippen molar-refractivity contribution in [1.82, 2.24) is 9.97 Å². The molecule has 0 unspecified atom stereocenters. The minimum atomic E-state index is 0.926. The molecule has 0 bridgehead atoms. The molecule has 0 fully saturated rings. The molecule has 140 valence electrons. The zero-order valence-corrected chi connectivity index (χ0v) is 17.0.